The van der Waals surface area contributed by atoms with E-state index in [1.165, 1.54) is 0 Å². The summed E-state index contributed by atoms with van der Waals surface area (Å²) < 4.78 is 22.0. The molecule has 0 fully saturated rings. The lowest BCUT2D eigenvalue weighted by Gasteiger charge is -2.09. The minimum Gasteiger partial charge on any atom is -0.490 e. The molecule has 4 N–H and O–H groups in total. The van der Waals surface area contributed by atoms with Crippen molar-refractivity contribution in [2.75, 3.05) is 39.6 Å². The van der Waals surface area contributed by atoms with E-state index in [2.05, 4.69) is 9.97 Å². The maximum atomic E-state index is 5.75. The van der Waals surface area contributed by atoms with E-state index in [1.807, 2.05) is 31.2 Å². The van der Waals surface area contributed by atoms with Crippen LogP contribution in [0.15, 0.2) is 36.7 Å². The molecule has 0 saturated carbocycles. The quantitative estimate of drug-likeness (QED) is 0.505. The molecule has 0 unspecified atom stereocenters. The third-order valence-electron chi connectivity index (χ3n) is 3.60. The van der Waals surface area contributed by atoms with Gasteiger partial charge < -0.3 is 30.4 Å². The lowest BCUT2D eigenvalue weighted by Crippen LogP contribution is -2.13. The van der Waals surface area contributed by atoms with Crippen molar-refractivity contribution in [2.24, 2.45) is 11.5 Å². The zero-order valence-electron chi connectivity index (χ0n) is 15.7. The first-order chi connectivity index (χ1) is 13.2. The van der Waals surface area contributed by atoms with E-state index in [9.17, 15) is 0 Å². The Balaban J connectivity index is 1.43. The van der Waals surface area contributed by atoms with Gasteiger partial charge in [-0.25, -0.2) is 0 Å². The van der Waals surface area contributed by atoms with Crippen LogP contribution in [0.1, 0.15) is 24.4 Å². The highest BCUT2D eigenvalue weighted by atomic mass is 16.6. The van der Waals surface area contributed by atoms with Gasteiger partial charge in [0, 0.05) is 12.6 Å². The number of pyridine rings is 2. The molecule has 0 aliphatic heterocycles. The number of nitrogens with zero attached hydrogens (tertiary/aromatic N) is 2. The van der Waals surface area contributed by atoms with Crippen molar-refractivity contribution in [3.05, 3.63) is 48.0 Å². The van der Waals surface area contributed by atoms with Crippen LogP contribution in [-0.2, 0) is 16.0 Å². The highest BCUT2D eigenvalue weighted by molar-refractivity contribution is 5.21. The molecule has 8 heteroatoms. The van der Waals surface area contributed by atoms with Gasteiger partial charge in [0.15, 0.2) is 0 Å². The Morgan fingerprint density at radius 2 is 1.37 bits per heavy atom. The standard InChI is InChI=1S/C19H28N4O4/c1-15(21)19-5-4-18(14-23-19)27-11-9-25-7-6-24-8-10-26-17-3-2-16(12-20)22-13-17/h2-5,13-15H,6-12,20-21H2,1H3/t15-/m0/s1. The zero-order valence-corrected chi connectivity index (χ0v) is 15.7. The highest BCUT2D eigenvalue weighted by Gasteiger charge is 2.01. The third kappa shape index (κ3) is 8.31. The summed E-state index contributed by atoms with van der Waals surface area (Å²) in [5, 5.41) is 0. The summed E-state index contributed by atoms with van der Waals surface area (Å²) in [7, 11) is 0. The molecule has 8 nitrogen and oxygen atoms in total. The van der Waals surface area contributed by atoms with E-state index >= 15 is 0 Å². The van der Waals surface area contributed by atoms with Gasteiger partial charge in [0.1, 0.15) is 24.7 Å². The largest absolute Gasteiger partial charge is 0.490 e. The molecule has 0 radical (unpaired) electrons. The first kappa shape index (κ1) is 21.0. The monoisotopic (exact) mass is 376 g/mol. The molecule has 27 heavy (non-hydrogen) atoms. The summed E-state index contributed by atoms with van der Waals surface area (Å²) in [5.41, 5.74) is 12.9. The predicted molar refractivity (Wildman–Crippen MR) is 102 cm³/mol. The molecular formula is C19H28N4O4. The van der Waals surface area contributed by atoms with Gasteiger partial charge in [-0.1, -0.05) is 0 Å². The van der Waals surface area contributed by atoms with Crippen LogP contribution in [0.25, 0.3) is 0 Å². The number of hydrogen-bond acceptors (Lipinski definition) is 8. The van der Waals surface area contributed by atoms with Gasteiger partial charge in [-0.05, 0) is 31.2 Å². The maximum Gasteiger partial charge on any atom is 0.137 e. The Labute approximate surface area is 159 Å². The molecule has 1 atom stereocenters. The number of nitrogens with two attached hydrogens (primary N) is 2. The van der Waals surface area contributed by atoms with E-state index in [1.54, 1.807) is 12.4 Å². The van der Waals surface area contributed by atoms with Crippen molar-refractivity contribution >= 4 is 0 Å². The van der Waals surface area contributed by atoms with Crippen molar-refractivity contribution in [3.63, 3.8) is 0 Å². The van der Waals surface area contributed by atoms with Crippen LogP contribution < -0.4 is 20.9 Å². The van der Waals surface area contributed by atoms with Crippen LogP contribution in [0.2, 0.25) is 0 Å². The number of hydrogen-bond donors (Lipinski definition) is 2. The fourth-order valence-electron chi connectivity index (χ4n) is 2.12. The minimum absolute atomic E-state index is 0.0823. The number of aromatic nitrogens is 2. The third-order valence-corrected chi connectivity index (χ3v) is 3.60. The molecule has 148 valence electrons. The Morgan fingerprint density at radius 3 is 1.81 bits per heavy atom. The van der Waals surface area contributed by atoms with E-state index in [4.69, 9.17) is 30.4 Å². The Kier molecular flexibility index (Phi) is 9.50. The minimum atomic E-state index is -0.0823. The molecule has 2 heterocycles. The predicted octanol–water partition coefficient (Wildman–Crippen LogP) is 1.45. The second-order valence-corrected chi connectivity index (χ2v) is 5.82. The Morgan fingerprint density at radius 1 is 0.815 bits per heavy atom. The smallest absolute Gasteiger partial charge is 0.137 e. The molecule has 0 aliphatic rings. The van der Waals surface area contributed by atoms with Gasteiger partial charge in [-0.3, -0.25) is 9.97 Å². The Hall–Kier alpha value is -2.26. The van der Waals surface area contributed by atoms with E-state index in [-0.39, 0.29) is 6.04 Å². The van der Waals surface area contributed by atoms with Crippen molar-refractivity contribution < 1.29 is 18.9 Å². The van der Waals surface area contributed by atoms with E-state index < -0.39 is 0 Å². The summed E-state index contributed by atoms with van der Waals surface area (Å²) in [5.74, 6) is 1.40. The van der Waals surface area contributed by atoms with Crippen LogP contribution in [-0.4, -0.2) is 49.6 Å². The highest BCUT2D eigenvalue weighted by Crippen LogP contribution is 2.12. The normalized spacial score (nSPS) is 12.0. The fraction of sp³-hybridized carbons (Fsp3) is 0.474. The molecule has 0 amide bonds. The van der Waals surface area contributed by atoms with Crippen molar-refractivity contribution in [1.29, 1.82) is 0 Å². The van der Waals surface area contributed by atoms with Gasteiger partial charge in [0.25, 0.3) is 0 Å². The number of ether oxygens (including phenoxy) is 4. The van der Waals surface area contributed by atoms with E-state index in [0.717, 1.165) is 11.4 Å². The van der Waals surface area contributed by atoms with Crippen molar-refractivity contribution in [3.8, 4) is 11.5 Å². The molecule has 0 spiro atoms. The van der Waals surface area contributed by atoms with Gasteiger partial charge in [-0.15, -0.1) is 0 Å². The van der Waals surface area contributed by atoms with Gasteiger partial charge in [0.05, 0.1) is 50.2 Å². The summed E-state index contributed by atoms with van der Waals surface area (Å²) in [6.45, 7) is 5.18. The number of rotatable bonds is 13. The topological polar surface area (TPSA) is 115 Å². The molecule has 2 aromatic rings. The zero-order chi connectivity index (χ0) is 19.3. The van der Waals surface area contributed by atoms with Crippen LogP contribution in [0.4, 0.5) is 0 Å². The first-order valence-corrected chi connectivity index (χ1v) is 8.96. The average molecular weight is 376 g/mol. The molecule has 2 aromatic heterocycles. The SMILES string of the molecule is C[C@H](N)c1ccc(OCCOCCOCCOc2ccc(CN)nc2)cn1. The van der Waals surface area contributed by atoms with Gasteiger partial charge in [0.2, 0.25) is 0 Å². The van der Waals surface area contributed by atoms with Crippen LogP contribution in [0.3, 0.4) is 0 Å². The summed E-state index contributed by atoms with van der Waals surface area (Å²) >= 11 is 0. The van der Waals surface area contributed by atoms with Crippen molar-refractivity contribution in [1.82, 2.24) is 9.97 Å². The Bertz CT molecular complexity index is 635. The fourth-order valence-corrected chi connectivity index (χ4v) is 2.12. The lowest BCUT2D eigenvalue weighted by molar-refractivity contribution is 0.0273. The molecular weight excluding hydrogens is 348 g/mol. The second-order valence-electron chi connectivity index (χ2n) is 5.82. The van der Waals surface area contributed by atoms with Gasteiger partial charge in [-0.2, -0.15) is 0 Å². The molecule has 2 rings (SSSR count). The molecule has 0 aliphatic carbocycles. The first-order valence-electron chi connectivity index (χ1n) is 8.96. The van der Waals surface area contributed by atoms with E-state index in [0.29, 0.717) is 57.7 Å². The van der Waals surface area contributed by atoms with Crippen LogP contribution >= 0.6 is 0 Å². The van der Waals surface area contributed by atoms with Gasteiger partial charge >= 0.3 is 0 Å². The second kappa shape index (κ2) is 12.2. The summed E-state index contributed by atoms with van der Waals surface area (Å²) in [6, 6.07) is 7.32. The van der Waals surface area contributed by atoms with Crippen LogP contribution in [0.5, 0.6) is 11.5 Å². The lowest BCUT2D eigenvalue weighted by atomic mass is 10.2. The van der Waals surface area contributed by atoms with Crippen molar-refractivity contribution in [2.45, 2.75) is 19.5 Å². The van der Waals surface area contributed by atoms with Crippen LogP contribution in [0, 0.1) is 0 Å². The molecule has 0 aromatic carbocycles. The maximum absolute atomic E-state index is 5.75. The summed E-state index contributed by atoms with van der Waals surface area (Å²) in [4.78, 5) is 8.39. The average Bonchev–Trinajstić information content (AvgIpc) is 2.70. The summed E-state index contributed by atoms with van der Waals surface area (Å²) in [6.07, 6.45) is 3.33. The molecule has 0 bridgehead atoms. The molecule has 0 saturated heterocycles.